The Kier molecular flexibility index (Phi) is 6.63. The molecule has 4 nitrogen and oxygen atoms in total. The molecule has 0 aliphatic carbocycles. The van der Waals surface area contributed by atoms with Gasteiger partial charge in [0.25, 0.3) is 0 Å². The highest BCUT2D eigenvalue weighted by Crippen LogP contribution is 2.43. The van der Waals surface area contributed by atoms with Crippen molar-refractivity contribution in [2.24, 2.45) is 5.92 Å². The average molecular weight is 311 g/mol. The molecule has 0 aromatic rings. The topological polar surface area (TPSA) is 38.8 Å². The zero-order chi connectivity index (χ0) is 17.0. The molecule has 1 heterocycles. The lowest BCUT2D eigenvalue weighted by Crippen LogP contribution is -2.67. The van der Waals surface area contributed by atoms with E-state index in [1.54, 1.807) is 0 Å². The molecule has 1 saturated heterocycles. The SMILES string of the molecule is C=CC(=O)OC1C(C)CC(C)(C)N(OCCCCC)C1(C)C. The summed E-state index contributed by atoms with van der Waals surface area (Å²) in [6, 6.07) is 0. The molecule has 1 rings (SSSR count). The molecule has 0 aromatic carbocycles. The van der Waals surface area contributed by atoms with Crippen LogP contribution in [0.1, 0.15) is 67.2 Å². The number of hydrogen-bond donors (Lipinski definition) is 0. The molecule has 0 amide bonds. The highest BCUT2D eigenvalue weighted by Gasteiger charge is 2.53. The molecule has 0 bridgehead atoms. The highest BCUT2D eigenvalue weighted by atomic mass is 16.7. The summed E-state index contributed by atoms with van der Waals surface area (Å²) in [6.45, 7) is 17.1. The van der Waals surface area contributed by atoms with Gasteiger partial charge in [-0.1, -0.05) is 33.3 Å². The summed E-state index contributed by atoms with van der Waals surface area (Å²) in [5.74, 6) is -0.0973. The second-order valence-electron chi connectivity index (χ2n) is 7.54. The second kappa shape index (κ2) is 7.60. The molecule has 2 unspecified atom stereocenters. The Morgan fingerprint density at radius 2 is 1.95 bits per heavy atom. The zero-order valence-corrected chi connectivity index (χ0v) is 15.1. The number of carbonyl (C=O) groups excluding carboxylic acids is 1. The fourth-order valence-corrected chi connectivity index (χ4v) is 3.85. The van der Waals surface area contributed by atoms with Gasteiger partial charge in [0.1, 0.15) is 6.10 Å². The minimum atomic E-state index is -0.383. The van der Waals surface area contributed by atoms with Crippen LogP contribution < -0.4 is 0 Å². The number of hydroxylamine groups is 2. The predicted molar refractivity (Wildman–Crippen MR) is 89.3 cm³/mol. The minimum Gasteiger partial charge on any atom is -0.457 e. The van der Waals surface area contributed by atoms with Crippen molar-refractivity contribution >= 4 is 5.97 Å². The first kappa shape index (κ1) is 19.2. The molecule has 2 atom stereocenters. The Balaban J connectivity index is 2.90. The number of rotatable bonds is 7. The van der Waals surface area contributed by atoms with Crippen LogP contribution in [0.3, 0.4) is 0 Å². The lowest BCUT2D eigenvalue weighted by atomic mass is 9.73. The van der Waals surface area contributed by atoms with Crippen LogP contribution in [-0.2, 0) is 14.4 Å². The van der Waals surface area contributed by atoms with E-state index < -0.39 is 0 Å². The van der Waals surface area contributed by atoms with Crippen molar-refractivity contribution < 1.29 is 14.4 Å². The van der Waals surface area contributed by atoms with E-state index in [9.17, 15) is 4.79 Å². The van der Waals surface area contributed by atoms with E-state index in [0.29, 0.717) is 6.61 Å². The second-order valence-corrected chi connectivity index (χ2v) is 7.54. The van der Waals surface area contributed by atoms with Crippen molar-refractivity contribution in [1.82, 2.24) is 5.06 Å². The molecule has 1 aliphatic rings. The Labute approximate surface area is 135 Å². The number of carbonyl (C=O) groups is 1. The highest BCUT2D eigenvalue weighted by molar-refractivity contribution is 5.81. The summed E-state index contributed by atoms with van der Waals surface area (Å²) in [5, 5.41) is 2.05. The third kappa shape index (κ3) is 4.32. The van der Waals surface area contributed by atoms with Crippen LogP contribution >= 0.6 is 0 Å². The predicted octanol–water partition coefficient (Wildman–Crippen LogP) is 4.11. The molecule has 0 N–H and O–H groups in total. The van der Waals surface area contributed by atoms with Gasteiger partial charge in [0.2, 0.25) is 0 Å². The largest absolute Gasteiger partial charge is 0.457 e. The quantitative estimate of drug-likeness (QED) is 0.403. The Morgan fingerprint density at radius 3 is 2.50 bits per heavy atom. The van der Waals surface area contributed by atoms with Crippen LogP contribution in [0.15, 0.2) is 12.7 Å². The first-order valence-corrected chi connectivity index (χ1v) is 8.43. The average Bonchev–Trinajstić information content (AvgIpc) is 2.41. The van der Waals surface area contributed by atoms with E-state index in [4.69, 9.17) is 9.57 Å². The summed E-state index contributed by atoms with van der Waals surface area (Å²) in [5.41, 5.74) is -0.474. The lowest BCUT2D eigenvalue weighted by Gasteiger charge is -2.56. The summed E-state index contributed by atoms with van der Waals surface area (Å²) in [7, 11) is 0. The summed E-state index contributed by atoms with van der Waals surface area (Å²) >= 11 is 0. The van der Waals surface area contributed by atoms with E-state index in [1.165, 1.54) is 18.9 Å². The van der Waals surface area contributed by atoms with Crippen LogP contribution in [0.2, 0.25) is 0 Å². The number of hydrogen-bond acceptors (Lipinski definition) is 4. The van der Waals surface area contributed by atoms with Gasteiger partial charge >= 0.3 is 5.97 Å². The summed E-state index contributed by atoms with van der Waals surface area (Å²) < 4.78 is 5.64. The van der Waals surface area contributed by atoms with E-state index in [1.807, 2.05) is 0 Å². The minimum absolute atomic E-state index is 0.0911. The van der Waals surface area contributed by atoms with Crippen molar-refractivity contribution in [3.8, 4) is 0 Å². The number of esters is 1. The van der Waals surface area contributed by atoms with Crippen molar-refractivity contribution in [2.45, 2.75) is 84.4 Å². The van der Waals surface area contributed by atoms with Gasteiger partial charge < -0.3 is 4.74 Å². The van der Waals surface area contributed by atoms with Gasteiger partial charge in [-0.2, -0.15) is 5.06 Å². The summed E-state index contributed by atoms with van der Waals surface area (Å²) in [6.07, 6.45) is 5.32. The summed E-state index contributed by atoms with van der Waals surface area (Å²) in [4.78, 5) is 17.8. The molecule has 0 saturated carbocycles. The maximum absolute atomic E-state index is 11.7. The van der Waals surface area contributed by atoms with Crippen molar-refractivity contribution in [3.63, 3.8) is 0 Å². The van der Waals surface area contributed by atoms with Crippen LogP contribution in [0.5, 0.6) is 0 Å². The normalized spacial score (nSPS) is 27.4. The molecular weight excluding hydrogens is 278 g/mol. The van der Waals surface area contributed by atoms with Crippen molar-refractivity contribution in [1.29, 1.82) is 0 Å². The standard InChI is InChI=1S/C18H33NO3/c1-8-10-11-12-21-19-17(4,5)13-14(3)16(18(19,6)7)22-15(20)9-2/h9,14,16H,2,8,10-13H2,1,3-7H3. The van der Waals surface area contributed by atoms with Gasteiger partial charge in [-0.25, -0.2) is 4.79 Å². The number of piperidine rings is 1. The lowest BCUT2D eigenvalue weighted by molar-refractivity contribution is -0.312. The molecule has 22 heavy (non-hydrogen) atoms. The smallest absolute Gasteiger partial charge is 0.330 e. The fourth-order valence-electron chi connectivity index (χ4n) is 3.85. The first-order chi connectivity index (χ1) is 10.2. The number of unbranched alkanes of at least 4 members (excludes halogenated alkanes) is 2. The third-order valence-electron chi connectivity index (χ3n) is 4.49. The Bertz CT molecular complexity index is 390. The first-order valence-electron chi connectivity index (χ1n) is 8.43. The van der Waals surface area contributed by atoms with Gasteiger partial charge in [-0.3, -0.25) is 4.84 Å². The monoisotopic (exact) mass is 311 g/mol. The van der Waals surface area contributed by atoms with Gasteiger partial charge in [-0.15, -0.1) is 0 Å². The van der Waals surface area contributed by atoms with Crippen LogP contribution in [0.4, 0.5) is 0 Å². The maximum Gasteiger partial charge on any atom is 0.330 e. The van der Waals surface area contributed by atoms with Crippen molar-refractivity contribution in [3.05, 3.63) is 12.7 Å². The van der Waals surface area contributed by atoms with E-state index in [-0.39, 0.29) is 29.1 Å². The molecule has 1 fully saturated rings. The fraction of sp³-hybridized carbons (Fsp3) is 0.833. The van der Waals surface area contributed by atoms with Crippen LogP contribution in [0, 0.1) is 5.92 Å². The van der Waals surface area contributed by atoms with Crippen LogP contribution in [0.25, 0.3) is 0 Å². The zero-order valence-electron chi connectivity index (χ0n) is 15.1. The molecular formula is C18H33NO3. The molecule has 128 valence electrons. The molecule has 0 radical (unpaired) electrons. The van der Waals surface area contributed by atoms with Crippen molar-refractivity contribution in [2.75, 3.05) is 6.61 Å². The van der Waals surface area contributed by atoms with Gasteiger partial charge in [-0.05, 0) is 46.5 Å². The number of nitrogens with zero attached hydrogens (tertiary/aromatic N) is 1. The van der Waals surface area contributed by atoms with E-state index in [0.717, 1.165) is 12.8 Å². The third-order valence-corrected chi connectivity index (χ3v) is 4.49. The van der Waals surface area contributed by atoms with E-state index >= 15 is 0 Å². The number of ether oxygens (including phenoxy) is 1. The molecule has 0 aromatic heterocycles. The van der Waals surface area contributed by atoms with Gasteiger partial charge in [0.05, 0.1) is 12.1 Å². The van der Waals surface area contributed by atoms with Gasteiger partial charge in [0.15, 0.2) is 0 Å². The van der Waals surface area contributed by atoms with Crippen LogP contribution in [-0.4, -0.2) is 34.8 Å². The van der Waals surface area contributed by atoms with Gasteiger partial charge in [0, 0.05) is 11.6 Å². The van der Waals surface area contributed by atoms with E-state index in [2.05, 4.69) is 53.2 Å². The molecule has 0 spiro atoms. The molecule has 1 aliphatic heterocycles. The Hall–Kier alpha value is -0.870. The maximum atomic E-state index is 11.7. The molecule has 4 heteroatoms. The Morgan fingerprint density at radius 1 is 1.32 bits per heavy atom.